The lowest BCUT2D eigenvalue weighted by atomic mass is 10.0. The fraction of sp³-hybridized carbons (Fsp3) is 0.409. The molecular formula is C22H24F3N5O3S. The largest absolute Gasteiger partial charge is 0.477 e. The van der Waals surface area contributed by atoms with Gasteiger partial charge in [0.2, 0.25) is 0 Å². The number of aryl methyl sites for hydroxylation is 1. The van der Waals surface area contributed by atoms with Gasteiger partial charge in [-0.1, -0.05) is 6.07 Å². The highest BCUT2D eigenvalue weighted by Crippen LogP contribution is 2.43. The fourth-order valence-electron chi connectivity index (χ4n) is 4.10. The first-order chi connectivity index (χ1) is 16.0. The number of hydrogen-bond donors (Lipinski definition) is 4. The molecule has 0 unspecified atom stereocenters. The lowest BCUT2D eigenvalue weighted by molar-refractivity contribution is -0.136. The van der Waals surface area contributed by atoms with E-state index in [1.165, 1.54) is 0 Å². The molecule has 0 saturated carbocycles. The molecule has 1 aliphatic rings. The zero-order valence-corrected chi connectivity index (χ0v) is 19.1. The van der Waals surface area contributed by atoms with E-state index in [4.69, 9.17) is 5.73 Å². The van der Waals surface area contributed by atoms with Crippen LogP contribution in [0.5, 0.6) is 0 Å². The number of aliphatic hydroxyl groups is 1. The second kappa shape index (κ2) is 9.35. The molecule has 1 atom stereocenters. The van der Waals surface area contributed by atoms with Gasteiger partial charge in [-0.2, -0.15) is 13.2 Å². The van der Waals surface area contributed by atoms with Gasteiger partial charge in [-0.25, -0.2) is 9.78 Å². The number of hydrogen-bond acceptors (Lipinski definition) is 8. The molecule has 8 nitrogen and oxygen atoms in total. The van der Waals surface area contributed by atoms with Gasteiger partial charge < -0.3 is 26.2 Å². The monoisotopic (exact) mass is 495 g/mol. The summed E-state index contributed by atoms with van der Waals surface area (Å²) >= 11 is 0.643. The van der Waals surface area contributed by atoms with Crippen molar-refractivity contribution < 1.29 is 28.2 Å². The number of aromatic nitrogens is 2. The van der Waals surface area contributed by atoms with Crippen LogP contribution in [-0.4, -0.2) is 51.8 Å². The maximum atomic E-state index is 13.8. The summed E-state index contributed by atoms with van der Waals surface area (Å²) in [5, 5.41) is 22.6. The number of carboxylic acid groups (broad SMARTS) is 1. The Morgan fingerprint density at radius 1 is 1.32 bits per heavy atom. The minimum Gasteiger partial charge on any atom is -0.477 e. The van der Waals surface area contributed by atoms with Crippen molar-refractivity contribution in [2.24, 2.45) is 0 Å². The molecule has 1 saturated heterocycles. The number of pyridine rings is 2. The number of carboxylic acids is 1. The number of fused-ring (bicyclic) bond motifs is 1. The number of aromatic carboxylic acids is 1. The standard InChI is InChI=1S/C22H24F3N5O3S/c1-11-3-2-4-14(28-11)15(31)10-27-12-5-7-30(8-6-12)16-9-13(22(23,24)25)17-18(26)19(21(32)33)34-20(17)29-16/h2-4,9,12,15,27,31H,5-8,10,26H2,1H3,(H,32,33)/t15-/m0/s1. The van der Waals surface area contributed by atoms with Crippen molar-refractivity contribution in [3.05, 3.63) is 46.1 Å². The Labute approximate surface area is 197 Å². The number of carbonyl (C=O) groups is 1. The van der Waals surface area contributed by atoms with E-state index in [-0.39, 0.29) is 27.0 Å². The molecule has 0 bridgehead atoms. The molecule has 4 rings (SSSR count). The SMILES string of the molecule is Cc1cccc([C@@H](O)CNC2CCN(c3cc(C(F)(F)F)c4c(N)c(C(=O)O)sc4n3)CC2)n1. The lowest BCUT2D eigenvalue weighted by Gasteiger charge is -2.34. The normalized spacial score (nSPS) is 16.2. The van der Waals surface area contributed by atoms with Crippen LogP contribution in [0, 0.1) is 6.92 Å². The topological polar surface area (TPSA) is 125 Å². The van der Waals surface area contributed by atoms with Crippen LogP contribution in [0.15, 0.2) is 24.3 Å². The minimum atomic E-state index is -4.71. The van der Waals surface area contributed by atoms with E-state index in [1.807, 2.05) is 19.1 Å². The van der Waals surface area contributed by atoms with E-state index < -0.39 is 29.5 Å². The van der Waals surface area contributed by atoms with Crippen LogP contribution in [-0.2, 0) is 6.18 Å². The van der Waals surface area contributed by atoms with Gasteiger partial charge in [0.1, 0.15) is 21.6 Å². The number of rotatable bonds is 6. The molecule has 0 radical (unpaired) electrons. The molecule has 1 fully saturated rings. The zero-order chi connectivity index (χ0) is 24.6. The highest BCUT2D eigenvalue weighted by molar-refractivity contribution is 7.21. The van der Waals surface area contributed by atoms with Crippen LogP contribution < -0.4 is 16.0 Å². The molecule has 1 aliphatic heterocycles. The van der Waals surface area contributed by atoms with E-state index >= 15 is 0 Å². The van der Waals surface area contributed by atoms with E-state index in [1.54, 1.807) is 11.0 Å². The second-order valence-electron chi connectivity index (χ2n) is 8.25. The van der Waals surface area contributed by atoms with E-state index in [0.29, 0.717) is 49.5 Å². The molecule has 0 aromatic carbocycles. The molecule has 3 aromatic rings. The number of anilines is 2. The summed E-state index contributed by atoms with van der Waals surface area (Å²) < 4.78 is 41.3. The summed E-state index contributed by atoms with van der Waals surface area (Å²) in [6.07, 6.45) is -4.19. The second-order valence-corrected chi connectivity index (χ2v) is 9.24. The zero-order valence-electron chi connectivity index (χ0n) is 18.3. The summed E-state index contributed by atoms with van der Waals surface area (Å²) in [5.74, 6) is -1.24. The van der Waals surface area contributed by atoms with Gasteiger partial charge in [-0.3, -0.25) is 4.98 Å². The molecule has 0 spiro atoms. The van der Waals surface area contributed by atoms with Crippen LogP contribution in [0.3, 0.4) is 0 Å². The van der Waals surface area contributed by atoms with Crippen LogP contribution in [0.1, 0.15) is 45.6 Å². The number of thiophene rings is 1. The molecule has 0 amide bonds. The Morgan fingerprint density at radius 3 is 2.65 bits per heavy atom. The van der Waals surface area contributed by atoms with Crippen molar-refractivity contribution in [3.63, 3.8) is 0 Å². The smallest absolute Gasteiger partial charge is 0.417 e. The van der Waals surface area contributed by atoms with Crippen molar-refractivity contribution in [1.29, 1.82) is 0 Å². The molecular weight excluding hydrogens is 471 g/mol. The van der Waals surface area contributed by atoms with Crippen molar-refractivity contribution in [2.45, 2.75) is 38.1 Å². The number of halogens is 3. The quantitative estimate of drug-likeness (QED) is 0.409. The Balaban J connectivity index is 1.47. The van der Waals surface area contributed by atoms with Gasteiger partial charge in [0.15, 0.2) is 0 Å². The summed E-state index contributed by atoms with van der Waals surface area (Å²) in [5.41, 5.74) is 5.73. The van der Waals surface area contributed by atoms with E-state index in [0.717, 1.165) is 11.8 Å². The van der Waals surface area contributed by atoms with Crippen LogP contribution in [0.2, 0.25) is 0 Å². The number of nitrogen functional groups attached to an aromatic ring is 1. The molecule has 34 heavy (non-hydrogen) atoms. The van der Waals surface area contributed by atoms with Crippen LogP contribution in [0.4, 0.5) is 24.7 Å². The van der Waals surface area contributed by atoms with Gasteiger partial charge in [-0.05, 0) is 38.0 Å². The maximum Gasteiger partial charge on any atom is 0.417 e. The van der Waals surface area contributed by atoms with Gasteiger partial charge in [0.25, 0.3) is 0 Å². The third-order valence-electron chi connectivity index (χ3n) is 5.86. The molecule has 0 aliphatic carbocycles. The van der Waals surface area contributed by atoms with Crippen molar-refractivity contribution in [1.82, 2.24) is 15.3 Å². The third kappa shape index (κ3) is 4.93. The van der Waals surface area contributed by atoms with Crippen LogP contribution in [0.25, 0.3) is 10.2 Å². The number of nitrogens with one attached hydrogen (secondary N) is 1. The van der Waals surface area contributed by atoms with E-state index in [2.05, 4.69) is 15.3 Å². The summed E-state index contributed by atoms with van der Waals surface area (Å²) in [7, 11) is 0. The van der Waals surface area contributed by atoms with Gasteiger partial charge in [0, 0.05) is 36.8 Å². The summed E-state index contributed by atoms with van der Waals surface area (Å²) in [6, 6.07) is 6.46. The van der Waals surface area contributed by atoms with Crippen LogP contribution >= 0.6 is 11.3 Å². The van der Waals surface area contributed by atoms with Crippen molar-refractivity contribution >= 4 is 39.0 Å². The number of nitrogens with two attached hydrogens (primary N) is 1. The third-order valence-corrected chi connectivity index (χ3v) is 6.94. The lowest BCUT2D eigenvalue weighted by Crippen LogP contribution is -2.44. The number of nitrogens with zero attached hydrogens (tertiary/aromatic N) is 3. The minimum absolute atomic E-state index is 0.0475. The Hall–Kier alpha value is -2.96. The summed E-state index contributed by atoms with van der Waals surface area (Å²) in [6.45, 7) is 3.08. The van der Waals surface area contributed by atoms with Gasteiger partial charge in [-0.15, -0.1) is 11.3 Å². The van der Waals surface area contributed by atoms with Gasteiger partial charge >= 0.3 is 12.1 Å². The number of alkyl halides is 3. The predicted octanol–water partition coefficient (Wildman–Crippen LogP) is 3.59. The first-order valence-corrected chi connectivity index (χ1v) is 11.5. The van der Waals surface area contributed by atoms with Crippen molar-refractivity contribution in [3.8, 4) is 0 Å². The maximum absolute atomic E-state index is 13.8. The molecule has 12 heteroatoms. The molecule has 3 aromatic heterocycles. The number of piperidine rings is 1. The predicted molar refractivity (Wildman–Crippen MR) is 123 cm³/mol. The fourth-order valence-corrected chi connectivity index (χ4v) is 5.05. The van der Waals surface area contributed by atoms with Crippen molar-refractivity contribution in [2.75, 3.05) is 30.3 Å². The Bertz CT molecular complexity index is 1210. The molecule has 182 valence electrons. The Kier molecular flexibility index (Phi) is 6.65. The molecule has 4 heterocycles. The average molecular weight is 496 g/mol. The summed E-state index contributed by atoms with van der Waals surface area (Å²) in [4.78, 5) is 21.4. The first-order valence-electron chi connectivity index (χ1n) is 10.7. The highest BCUT2D eigenvalue weighted by atomic mass is 32.1. The highest BCUT2D eigenvalue weighted by Gasteiger charge is 2.37. The first kappa shape index (κ1) is 24.2. The average Bonchev–Trinajstić information content (AvgIpc) is 3.13. The van der Waals surface area contributed by atoms with Gasteiger partial charge in [0.05, 0.1) is 16.9 Å². The van der Waals surface area contributed by atoms with E-state index in [9.17, 15) is 28.2 Å². The number of aliphatic hydroxyl groups excluding tert-OH is 1. The Morgan fingerprint density at radius 2 is 2.03 bits per heavy atom. The molecule has 5 N–H and O–H groups in total.